The van der Waals surface area contributed by atoms with Crippen molar-refractivity contribution in [2.45, 2.75) is 58.1 Å². The molecule has 4 aromatic rings. The number of carboxylic acids is 1. The molecule has 0 bridgehead atoms. The van der Waals surface area contributed by atoms with Crippen LogP contribution in [0.1, 0.15) is 67.5 Å². The number of aliphatic hydroxyl groups is 1. The van der Waals surface area contributed by atoms with E-state index in [1.165, 1.54) is 4.90 Å². The summed E-state index contributed by atoms with van der Waals surface area (Å²) in [7, 11) is 0. The molecule has 1 aliphatic rings. The smallest absolute Gasteiger partial charge is 0.339 e. The molecule has 0 unspecified atom stereocenters. The van der Waals surface area contributed by atoms with Crippen LogP contribution in [-0.4, -0.2) is 63.8 Å². The zero-order valence-corrected chi connectivity index (χ0v) is 31.0. The predicted octanol–water partition coefficient (Wildman–Crippen LogP) is 7.80. The number of amides is 2. The van der Waals surface area contributed by atoms with Crippen molar-refractivity contribution in [3.63, 3.8) is 0 Å². The number of carbonyl (C=O) groups is 4. The average molecular weight is 757 g/mol. The monoisotopic (exact) mass is 756 g/mol. The second-order valence-corrected chi connectivity index (χ2v) is 14.0. The molecule has 282 valence electrons. The number of benzene rings is 3. The third-order valence-electron chi connectivity index (χ3n) is 8.44. The zero-order valence-electron chi connectivity index (χ0n) is 30.2. The maximum atomic E-state index is 14.4. The lowest BCUT2D eigenvalue weighted by Gasteiger charge is -2.34. The maximum absolute atomic E-state index is 14.4. The zero-order chi connectivity index (χ0) is 39.0. The van der Waals surface area contributed by atoms with Crippen LogP contribution in [0.25, 0.3) is 6.08 Å². The van der Waals surface area contributed by atoms with Crippen LogP contribution in [0.5, 0.6) is 11.5 Å². The fraction of sp³-hybridized carbons (Fsp3) is 0.268. The van der Waals surface area contributed by atoms with Crippen molar-refractivity contribution in [1.29, 1.82) is 0 Å². The number of aliphatic hydroxyl groups excluding tert-OH is 1. The lowest BCUT2D eigenvalue weighted by atomic mass is 9.87. The fourth-order valence-electron chi connectivity index (χ4n) is 5.79. The Kier molecular flexibility index (Phi) is 12.5. The number of aliphatic carboxylic acids is 1. The van der Waals surface area contributed by atoms with Gasteiger partial charge in [0.2, 0.25) is 6.79 Å². The molecule has 1 aromatic heterocycles. The van der Waals surface area contributed by atoms with Crippen LogP contribution in [0.15, 0.2) is 107 Å². The van der Waals surface area contributed by atoms with Gasteiger partial charge in [-0.05, 0) is 87.4 Å². The maximum Gasteiger partial charge on any atom is 0.339 e. The topological polar surface area (TPSA) is 165 Å². The van der Waals surface area contributed by atoms with Crippen molar-refractivity contribution in [3.8, 4) is 11.5 Å². The first-order valence-electron chi connectivity index (χ1n) is 17.1. The van der Waals surface area contributed by atoms with Gasteiger partial charge in [0.15, 0.2) is 23.0 Å². The van der Waals surface area contributed by atoms with Crippen molar-refractivity contribution in [2.24, 2.45) is 0 Å². The van der Waals surface area contributed by atoms with Crippen LogP contribution in [0.3, 0.4) is 0 Å². The number of carbonyl (C=O) groups excluding carboxylic acids is 3. The number of carboxylic acid groups (broad SMARTS) is 1. The summed E-state index contributed by atoms with van der Waals surface area (Å²) in [5.41, 5.74) is 0.349. The minimum atomic E-state index is -1.44. The summed E-state index contributed by atoms with van der Waals surface area (Å²) < 4.78 is 22.6. The number of anilines is 1. The lowest BCUT2D eigenvalue weighted by molar-refractivity contribution is -0.152. The van der Waals surface area contributed by atoms with Gasteiger partial charge in [0.25, 0.3) is 11.8 Å². The number of hydrogen-bond acceptors (Lipinski definition) is 9. The number of esters is 1. The number of nitrogens with one attached hydrogen (secondary N) is 1. The van der Waals surface area contributed by atoms with Gasteiger partial charge in [-0.25, -0.2) is 4.79 Å². The standard InChI is InChI=1S/C41H41ClN2O10/c1-25(44(20-8-9-26-12-15-28(42)16-13-26)39(49)37(47)32(23-36(45)46)40(50)54-41(2,3)4)31(27-14-18-33-35(21-27)52-24-51-33)22-30-17-19-34(53-30)38(48)43-29-10-6-5-7-11-29/h5-19,21,25,31,47H,20,22-24H2,1-4H3,(H,43,48)(H,45,46)/t25-,31+/m0/s1. The number of fused-ring (bicyclic) bond motifs is 1. The average Bonchev–Trinajstić information content (AvgIpc) is 3.81. The largest absolute Gasteiger partial charge is 0.503 e. The molecule has 2 amide bonds. The van der Waals surface area contributed by atoms with Crippen LogP contribution in [-0.2, 0) is 25.5 Å². The summed E-state index contributed by atoms with van der Waals surface area (Å²) in [5.74, 6) is -4.13. The minimum absolute atomic E-state index is 0.0346. The molecule has 5 rings (SSSR count). The van der Waals surface area contributed by atoms with Gasteiger partial charge in [-0.1, -0.05) is 60.2 Å². The quantitative estimate of drug-likeness (QED) is 0.0657. The molecule has 0 saturated carbocycles. The predicted molar refractivity (Wildman–Crippen MR) is 202 cm³/mol. The molecular formula is C41H41ClN2O10. The summed E-state index contributed by atoms with van der Waals surface area (Å²) in [6.07, 6.45) is 2.67. The van der Waals surface area contributed by atoms with Crippen LogP contribution in [0, 0.1) is 0 Å². The number of rotatable bonds is 14. The molecule has 12 nitrogen and oxygen atoms in total. The van der Waals surface area contributed by atoms with E-state index in [1.54, 1.807) is 113 Å². The first kappa shape index (κ1) is 39.2. The summed E-state index contributed by atoms with van der Waals surface area (Å²) in [5, 5.41) is 24.4. The van der Waals surface area contributed by atoms with E-state index >= 15 is 0 Å². The van der Waals surface area contributed by atoms with E-state index in [9.17, 15) is 29.4 Å². The van der Waals surface area contributed by atoms with E-state index in [4.69, 9.17) is 30.2 Å². The van der Waals surface area contributed by atoms with Gasteiger partial charge in [0.05, 0.1) is 12.0 Å². The Morgan fingerprint density at radius 1 is 0.944 bits per heavy atom. The summed E-state index contributed by atoms with van der Waals surface area (Å²) in [6, 6.07) is 23.8. The van der Waals surface area contributed by atoms with Crippen LogP contribution in [0.4, 0.5) is 5.69 Å². The SMILES string of the molecule is C[C@@H]([C@@H](Cc1ccc(C(=O)Nc2ccccc2)o1)c1ccc2c(c1)OCO2)N(CC=Cc1ccc(Cl)cc1)C(=O)C(O)=C(CC(=O)O)C(=O)OC(C)(C)C. The van der Waals surface area contributed by atoms with Crippen molar-refractivity contribution >= 4 is 47.1 Å². The Morgan fingerprint density at radius 3 is 2.33 bits per heavy atom. The highest BCUT2D eigenvalue weighted by Crippen LogP contribution is 2.38. The van der Waals surface area contributed by atoms with Gasteiger partial charge in [0, 0.05) is 35.6 Å². The number of ether oxygens (including phenoxy) is 3. The van der Waals surface area contributed by atoms with E-state index in [1.807, 2.05) is 12.1 Å². The van der Waals surface area contributed by atoms with Gasteiger partial charge in [-0.3, -0.25) is 14.4 Å². The molecule has 3 aromatic carbocycles. The highest BCUT2D eigenvalue weighted by Gasteiger charge is 2.35. The van der Waals surface area contributed by atoms with Gasteiger partial charge >= 0.3 is 11.9 Å². The van der Waals surface area contributed by atoms with Crippen molar-refractivity contribution in [1.82, 2.24) is 4.90 Å². The Balaban J connectivity index is 1.54. The number of halogens is 1. The van der Waals surface area contributed by atoms with Gasteiger partial charge in [-0.15, -0.1) is 0 Å². The molecular weight excluding hydrogens is 716 g/mol. The number of nitrogens with zero attached hydrogens (tertiary/aromatic N) is 1. The summed E-state index contributed by atoms with van der Waals surface area (Å²) >= 11 is 6.06. The second kappa shape index (κ2) is 17.2. The van der Waals surface area contributed by atoms with Crippen LogP contribution >= 0.6 is 11.6 Å². The number of furan rings is 1. The van der Waals surface area contributed by atoms with E-state index in [-0.39, 0.29) is 25.5 Å². The van der Waals surface area contributed by atoms with Gasteiger partial charge in [0.1, 0.15) is 11.4 Å². The Morgan fingerprint density at radius 2 is 1.65 bits per heavy atom. The Hall–Kier alpha value is -6.01. The Labute approximate surface area is 317 Å². The molecule has 3 N–H and O–H groups in total. The van der Waals surface area contributed by atoms with E-state index in [0.717, 1.165) is 5.56 Å². The van der Waals surface area contributed by atoms with E-state index < -0.39 is 59.1 Å². The first-order valence-corrected chi connectivity index (χ1v) is 17.5. The molecule has 54 heavy (non-hydrogen) atoms. The molecule has 0 spiro atoms. The minimum Gasteiger partial charge on any atom is -0.503 e. The molecule has 0 fully saturated rings. The highest BCUT2D eigenvalue weighted by atomic mass is 35.5. The summed E-state index contributed by atoms with van der Waals surface area (Å²) in [4.78, 5) is 53.7. The van der Waals surface area contributed by atoms with Gasteiger partial charge < -0.3 is 39.1 Å². The lowest BCUT2D eigenvalue weighted by Crippen LogP contribution is -2.44. The summed E-state index contributed by atoms with van der Waals surface area (Å²) in [6.45, 7) is 6.46. The first-order chi connectivity index (χ1) is 25.7. The van der Waals surface area contributed by atoms with Crippen LogP contribution < -0.4 is 14.8 Å². The third-order valence-corrected chi connectivity index (χ3v) is 8.69. The molecule has 2 atom stereocenters. The molecule has 1 aliphatic heterocycles. The van der Waals surface area contributed by atoms with Crippen LogP contribution in [0.2, 0.25) is 5.02 Å². The van der Waals surface area contributed by atoms with E-state index in [0.29, 0.717) is 33.5 Å². The molecule has 0 aliphatic carbocycles. The molecule has 0 saturated heterocycles. The molecule has 13 heteroatoms. The number of hydrogen-bond donors (Lipinski definition) is 3. The molecule has 0 radical (unpaired) electrons. The second-order valence-electron chi connectivity index (χ2n) is 13.6. The van der Waals surface area contributed by atoms with Crippen molar-refractivity contribution in [3.05, 3.63) is 130 Å². The van der Waals surface area contributed by atoms with Crippen molar-refractivity contribution in [2.75, 3.05) is 18.7 Å². The molecule has 2 heterocycles. The number of para-hydroxylation sites is 1. The Bertz CT molecular complexity index is 2050. The van der Waals surface area contributed by atoms with Gasteiger partial charge in [-0.2, -0.15) is 0 Å². The normalized spacial score (nSPS) is 13.9. The van der Waals surface area contributed by atoms with E-state index in [2.05, 4.69) is 5.32 Å². The fourth-order valence-corrected chi connectivity index (χ4v) is 5.91. The highest BCUT2D eigenvalue weighted by molar-refractivity contribution is 6.30. The third kappa shape index (κ3) is 10.3. The van der Waals surface area contributed by atoms with Crippen molar-refractivity contribution < 1.29 is 48.0 Å².